The SMILES string of the molecule is O=C(CC(Nc1ccccc1)c1ccccc1)C1C(=O)N(c2ccccc2)C1c1ccccc1. The molecule has 3 unspecified atom stereocenters. The van der Waals surface area contributed by atoms with E-state index in [1.165, 1.54) is 0 Å². The number of ketones is 1. The van der Waals surface area contributed by atoms with Gasteiger partial charge in [-0.05, 0) is 35.4 Å². The van der Waals surface area contributed by atoms with Crippen molar-refractivity contribution in [3.63, 3.8) is 0 Å². The molecule has 4 heteroatoms. The van der Waals surface area contributed by atoms with Gasteiger partial charge in [-0.1, -0.05) is 97.1 Å². The number of anilines is 2. The summed E-state index contributed by atoms with van der Waals surface area (Å²) in [5.74, 6) is -0.897. The Hall–Kier alpha value is -4.18. The van der Waals surface area contributed by atoms with Crippen LogP contribution < -0.4 is 10.2 Å². The maximum absolute atomic E-state index is 13.7. The van der Waals surface area contributed by atoms with Crippen molar-refractivity contribution >= 4 is 23.1 Å². The fraction of sp³-hybridized carbons (Fsp3) is 0.133. The highest BCUT2D eigenvalue weighted by Gasteiger charge is 2.52. The average molecular weight is 447 g/mol. The molecule has 0 saturated carbocycles. The van der Waals surface area contributed by atoms with Crippen molar-refractivity contribution in [1.29, 1.82) is 0 Å². The molecule has 1 fully saturated rings. The molecule has 4 aromatic rings. The van der Waals surface area contributed by atoms with Gasteiger partial charge in [-0.25, -0.2) is 0 Å². The predicted octanol–water partition coefficient (Wildman–Crippen LogP) is 6.20. The molecule has 1 aliphatic rings. The van der Waals surface area contributed by atoms with Crippen LogP contribution in [0.4, 0.5) is 11.4 Å². The first-order valence-electron chi connectivity index (χ1n) is 11.5. The smallest absolute Gasteiger partial charge is 0.240 e. The monoisotopic (exact) mass is 446 g/mol. The summed E-state index contributed by atoms with van der Waals surface area (Å²) in [5, 5.41) is 3.50. The Morgan fingerprint density at radius 3 is 1.88 bits per heavy atom. The molecule has 0 spiro atoms. The van der Waals surface area contributed by atoms with Gasteiger partial charge in [0.1, 0.15) is 11.7 Å². The molecule has 34 heavy (non-hydrogen) atoms. The molecular formula is C30H26N2O2. The summed E-state index contributed by atoms with van der Waals surface area (Å²) in [5.41, 5.74) is 3.74. The molecule has 0 aromatic heterocycles. The highest BCUT2D eigenvalue weighted by molar-refractivity contribution is 6.16. The standard InChI is InChI=1S/C30H26N2O2/c33-27(21-26(22-13-5-1-6-14-22)31-24-17-9-3-10-18-24)28-29(23-15-7-2-8-16-23)32(30(28)34)25-19-11-4-12-20-25/h1-20,26,28-29,31H,21H2. The largest absolute Gasteiger partial charge is 0.378 e. The number of Topliss-reactive ketones (excluding diaryl/α,β-unsaturated/α-hetero) is 1. The van der Waals surface area contributed by atoms with Crippen LogP contribution in [0.3, 0.4) is 0 Å². The Bertz CT molecular complexity index is 1240. The number of benzene rings is 4. The third kappa shape index (κ3) is 4.35. The predicted molar refractivity (Wildman–Crippen MR) is 135 cm³/mol. The highest BCUT2D eigenvalue weighted by atomic mass is 16.2. The van der Waals surface area contributed by atoms with Crippen LogP contribution in [0.2, 0.25) is 0 Å². The molecule has 4 nitrogen and oxygen atoms in total. The van der Waals surface area contributed by atoms with Crippen LogP contribution >= 0.6 is 0 Å². The van der Waals surface area contributed by atoms with Crippen molar-refractivity contribution < 1.29 is 9.59 Å². The van der Waals surface area contributed by atoms with Crippen molar-refractivity contribution in [1.82, 2.24) is 0 Å². The van der Waals surface area contributed by atoms with Gasteiger partial charge in [-0.3, -0.25) is 9.59 Å². The van der Waals surface area contributed by atoms with E-state index in [0.29, 0.717) is 0 Å². The molecule has 5 rings (SSSR count). The van der Waals surface area contributed by atoms with Gasteiger partial charge in [-0.2, -0.15) is 0 Å². The minimum Gasteiger partial charge on any atom is -0.378 e. The van der Waals surface area contributed by atoms with E-state index in [-0.39, 0.29) is 30.2 Å². The van der Waals surface area contributed by atoms with E-state index in [9.17, 15) is 9.59 Å². The summed E-state index contributed by atoms with van der Waals surface area (Å²) >= 11 is 0. The van der Waals surface area contributed by atoms with Gasteiger partial charge in [0.05, 0.1) is 12.1 Å². The number of amides is 1. The van der Waals surface area contributed by atoms with Crippen LogP contribution in [0, 0.1) is 5.92 Å². The zero-order valence-electron chi connectivity index (χ0n) is 18.7. The van der Waals surface area contributed by atoms with E-state index in [4.69, 9.17) is 0 Å². The molecule has 4 aromatic carbocycles. The maximum atomic E-state index is 13.7. The summed E-state index contributed by atoms with van der Waals surface area (Å²) in [6.07, 6.45) is 0.223. The fourth-order valence-electron chi connectivity index (χ4n) is 4.67. The van der Waals surface area contributed by atoms with E-state index in [1.807, 2.05) is 121 Å². The summed E-state index contributed by atoms with van der Waals surface area (Å²) in [6, 6.07) is 38.7. The summed E-state index contributed by atoms with van der Waals surface area (Å²) in [7, 11) is 0. The second-order valence-corrected chi connectivity index (χ2v) is 8.52. The number of β-lactam (4-membered cyclic amide) rings is 1. The Morgan fingerprint density at radius 2 is 1.26 bits per heavy atom. The second kappa shape index (κ2) is 9.75. The second-order valence-electron chi connectivity index (χ2n) is 8.52. The van der Waals surface area contributed by atoms with Gasteiger partial charge >= 0.3 is 0 Å². The number of para-hydroxylation sites is 2. The number of carbonyl (C=O) groups excluding carboxylic acids is 2. The van der Waals surface area contributed by atoms with Gasteiger partial charge < -0.3 is 10.2 Å². The third-order valence-corrected chi connectivity index (χ3v) is 6.34. The molecule has 0 aliphatic carbocycles. The number of carbonyl (C=O) groups is 2. The lowest BCUT2D eigenvalue weighted by molar-refractivity contribution is -0.140. The van der Waals surface area contributed by atoms with E-state index >= 15 is 0 Å². The molecular weight excluding hydrogens is 420 g/mol. The van der Waals surface area contributed by atoms with Crippen molar-refractivity contribution in [3.8, 4) is 0 Å². The van der Waals surface area contributed by atoms with Crippen molar-refractivity contribution in [2.75, 3.05) is 10.2 Å². The third-order valence-electron chi connectivity index (χ3n) is 6.34. The van der Waals surface area contributed by atoms with E-state index in [0.717, 1.165) is 22.5 Å². The van der Waals surface area contributed by atoms with Gasteiger partial charge in [0.15, 0.2) is 0 Å². The lowest BCUT2D eigenvalue weighted by Gasteiger charge is -2.47. The lowest BCUT2D eigenvalue weighted by Crippen LogP contribution is -2.58. The first-order chi connectivity index (χ1) is 16.7. The molecule has 0 radical (unpaired) electrons. The zero-order valence-corrected chi connectivity index (χ0v) is 18.7. The molecule has 168 valence electrons. The first kappa shape index (κ1) is 21.7. The van der Waals surface area contributed by atoms with Gasteiger partial charge in [0, 0.05) is 17.8 Å². The number of hydrogen-bond acceptors (Lipinski definition) is 3. The van der Waals surface area contributed by atoms with Crippen LogP contribution in [0.5, 0.6) is 0 Å². The molecule has 3 atom stereocenters. The van der Waals surface area contributed by atoms with Crippen LogP contribution in [0.25, 0.3) is 0 Å². The normalized spacial score (nSPS) is 18.1. The van der Waals surface area contributed by atoms with Crippen molar-refractivity contribution in [3.05, 3.63) is 132 Å². The van der Waals surface area contributed by atoms with E-state index in [1.54, 1.807) is 4.90 Å². The van der Waals surface area contributed by atoms with Gasteiger partial charge in [0.25, 0.3) is 0 Å². The molecule has 1 N–H and O–H groups in total. The molecule has 1 saturated heterocycles. The van der Waals surface area contributed by atoms with Crippen LogP contribution in [0.1, 0.15) is 29.6 Å². The van der Waals surface area contributed by atoms with Crippen molar-refractivity contribution in [2.24, 2.45) is 5.92 Å². The van der Waals surface area contributed by atoms with E-state index in [2.05, 4.69) is 5.32 Å². The summed E-state index contributed by atoms with van der Waals surface area (Å²) < 4.78 is 0. The maximum Gasteiger partial charge on any atom is 0.240 e. The molecule has 1 heterocycles. The van der Waals surface area contributed by atoms with E-state index < -0.39 is 5.92 Å². The minimum atomic E-state index is -0.702. The Labute approximate surface area is 199 Å². The van der Waals surface area contributed by atoms with Gasteiger partial charge in [0.2, 0.25) is 5.91 Å². The lowest BCUT2D eigenvalue weighted by atomic mass is 9.77. The van der Waals surface area contributed by atoms with Crippen LogP contribution in [-0.2, 0) is 9.59 Å². The molecule has 1 aliphatic heterocycles. The zero-order chi connectivity index (χ0) is 23.3. The average Bonchev–Trinajstić information content (AvgIpc) is 2.89. The quantitative estimate of drug-likeness (QED) is 0.259. The fourth-order valence-corrected chi connectivity index (χ4v) is 4.67. The Morgan fingerprint density at radius 1 is 0.735 bits per heavy atom. The minimum absolute atomic E-state index is 0.0525. The highest BCUT2D eigenvalue weighted by Crippen LogP contribution is 2.45. The number of hydrogen-bond donors (Lipinski definition) is 1. The first-order valence-corrected chi connectivity index (χ1v) is 11.5. The molecule has 1 amide bonds. The van der Waals surface area contributed by atoms with Crippen LogP contribution in [0.15, 0.2) is 121 Å². The number of nitrogens with one attached hydrogen (secondary N) is 1. The molecule has 0 bridgehead atoms. The van der Waals surface area contributed by atoms with Gasteiger partial charge in [-0.15, -0.1) is 0 Å². The van der Waals surface area contributed by atoms with Crippen LogP contribution in [-0.4, -0.2) is 11.7 Å². The number of rotatable bonds is 8. The topological polar surface area (TPSA) is 49.4 Å². The Balaban J connectivity index is 1.44. The van der Waals surface area contributed by atoms with Crippen molar-refractivity contribution in [2.45, 2.75) is 18.5 Å². The summed E-state index contributed by atoms with van der Waals surface area (Å²) in [4.78, 5) is 28.8. The Kier molecular flexibility index (Phi) is 6.21. The number of nitrogens with zero attached hydrogens (tertiary/aromatic N) is 1. The summed E-state index contributed by atoms with van der Waals surface area (Å²) in [6.45, 7) is 0.